The number of nitrogens with one attached hydrogen (secondary N) is 1. The Morgan fingerprint density at radius 3 is 2.23 bits per heavy atom. The molecule has 0 radical (unpaired) electrons. The predicted molar refractivity (Wildman–Crippen MR) is 132 cm³/mol. The van der Waals surface area contributed by atoms with Crippen molar-refractivity contribution in [2.45, 2.75) is 44.1 Å². The molecule has 1 aliphatic heterocycles. The third-order valence-corrected chi connectivity index (χ3v) is 6.95. The number of aliphatic carboxylic acids is 1. The van der Waals surface area contributed by atoms with Crippen LogP contribution in [0.1, 0.15) is 49.1 Å². The molecule has 182 valence electrons. The SMILES string of the molecule is C#CCC(NC(=O)OCC1c2ccccc2-c2ccccc21)C(=O)N1CCC(CCC(=O)O)CC1. The lowest BCUT2D eigenvalue weighted by molar-refractivity contribution is -0.138. The van der Waals surface area contributed by atoms with E-state index in [1.165, 1.54) is 0 Å². The number of carbonyl (C=O) groups excluding carboxylic acids is 2. The number of hydrogen-bond donors (Lipinski definition) is 2. The summed E-state index contributed by atoms with van der Waals surface area (Å²) in [4.78, 5) is 38.2. The highest BCUT2D eigenvalue weighted by Crippen LogP contribution is 2.44. The summed E-state index contributed by atoms with van der Waals surface area (Å²) < 4.78 is 5.58. The second kappa shape index (κ2) is 11.1. The molecular weight excluding hydrogens is 444 g/mol. The van der Waals surface area contributed by atoms with Crippen molar-refractivity contribution < 1.29 is 24.2 Å². The molecule has 35 heavy (non-hydrogen) atoms. The molecular formula is C28H30N2O5. The Labute approximate surface area is 205 Å². The third kappa shape index (κ3) is 5.65. The van der Waals surface area contributed by atoms with Crippen LogP contribution in [-0.4, -0.2) is 53.7 Å². The number of hydrogen-bond acceptors (Lipinski definition) is 4. The van der Waals surface area contributed by atoms with Gasteiger partial charge in [0.25, 0.3) is 0 Å². The van der Waals surface area contributed by atoms with E-state index in [-0.39, 0.29) is 37.2 Å². The zero-order valence-electron chi connectivity index (χ0n) is 19.6. The van der Waals surface area contributed by atoms with E-state index in [0.717, 1.165) is 35.1 Å². The summed E-state index contributed by atoms with van der Waals surface area (Å²) in [5.74, 6) is 1.66. The van der Waals surface area contributed by atoms with Gasteiger partial charge in [0, 0.05) is 31.8 Å². The van der Waals surface area contributed by atoms with Gasteiger partial charge in [-0.05, 0) is 47.4 Å². The fourth-order valence-electron chi connectivity index (χ4n) is 5.09. The summed E-state index contributed by atoms with van der Waals surface area (Å²) >= 11 is 0. The molecule has 1 unspecified atom stereocenters. The number of carboxylic acid groups (broad SMARTS) is 1. The number of fused-ring (bicyclic) bond motifs is 3. The number of carboxylic acids is 1. The van der Waals surface area contributed by atoms with E-state index in [4.69, 9.17) is 16.3 Å². The first-order chi connectivity index (χ1) is 17.0. The van der Waals surface area contributed by atoms with Gasteiger partial charge in [0.1, 0.15) is 12.6 Å². The van der Waals surface area contributed by atoms with Gasteiger partial charge in [0.2, 0.25) is 5.91 Å². The van der Waals surface area contributed by atoms with Gasteiger partial charge in [-0.2, -0.15) is 0 Å². The van der Waals surface area contributed by atoms with E-state index in [2.05, 4.69) is 23.4 Å². The Balaban J connectivity index is 1.33. The van der Waals surface area contributed by atoms with Crippen LogP contribution in [0.15, 0.2) is 48.5 Å². The first kappa shape index (κ1) is 24.3. The number of benzene rings is 2. The molecule has 7 nitrogen and oxygen atoms in total. The van der Waals surface area contributed by atoms with Gasteiger partial charge in [-0.3, -0.25) is 9.59 Å². The standard InChI is InChI=1S/C28H30N2O5/c1-2-7-25(27(33)30-16-14-19(15-17-30)12-13-26(31)32)29-28(34)35-18-24-22-10-5-3-8-20(22)21-9-4-6-11-23(21)24/h1,3-6,8-11,19,24-25H,7,12-18H2,(H,29,34)(H,31,32). The Hall–Kier alpha value is -3.79. The fourth-order valence-corrected chi connectivity index (χ4v) is 5.09. The summed E-state index contributed by atoms with van der Waals surface area (Å²) in [6.07, 6.45) is 7.12. The minimum atomic E-state index is -0.855. The Morgan fingerprint density at radius 1 is 1.06 bits per heavy atom. The van der Waals surface area contributed by atoms with Crippen LogP contribution in [0.3, 0.4) is 0 Å². The maximum atomic E-state index is 13.1. The van der Waals surface area contributed by atoms with Crippen molar-refractivity contribution in [3.63, 3.8) is 0 Å². The summed E-state index contributed by atoms with van der Waals surface area (Å²) in [5.41, 5.74) is 4.51. The van der Waals surface area contributed by atoms with Crippen LogP contribution in [0, 0.1) is 18.3 Å². The molecule has 2 aromatic carbocycles. The van der Waals surface area contributed by atoms with Crippen molar-refractivity contribution in [1.29, 1.82) is 0 Å². The number of likely N-dealkylation sites (tertiary alicyclic amines) is 1. The molecule has 2 aliphatic rings. The zero-order chi connectivity index (χ0) is 24.8. The average Bonchev–Trinajstić information content (AvgIpc) is 3.19. The van der Waals surface area contributed by atoms with E-state index >= 15 is 0 Å². The number of carbonyl (C=O) groups is 3. The maximum absolute atomic E-state index is 13.1. The van der Waals surface area contributed by atoms with Crippen molar-refractivity contribution in [1.82, 2.24) is 10.2 Å². The van der Waals surface area contributed by atoms with Gasteiger partial charge < -0.3 is 20.1 Å². The Kier molecular flexibility index (Phi) is 7.71. The highest BCUT2D eigenvalue weighted by atomic mass is 16.5. The predicted octanol–water partition coefficient (Wildman–Crippen LogP) is 4.02. The first-order valence-corrected chi connectivity index (χ1v) is 12.0. The second-order valence-corrected chi connectivity index (χ2v) is 9.13. The average molecular weight is 475 g/mol. The molecule has 0 spiro atoms. The molecule has 2 amide bonds. The van der Waals surface area contributed by atoms with E-state index in [9.17, 15) is 14.4 Å². The smallest absolute Gasteiger partial charge is 0.407 e. The van der Waals surface area contributed by atoms with Crippen LogP contribution >= 0.6 is 0 Å². The normalized spacial score (nSPS) is 16.0. The van der Waals surface area contributed by atoms with Crippen LogP contribution in [0.5, 0.6) is 0 Å². The number of piperidine rings is 1. The van der Waals surface area contributed by atoms with E-state index in [1.54, 1.807) is 4.90 Å². The Morgan fingerprint density at radius 2 is 1.66 bits per heavy atom. The summed E-state index contributed by atoms with van der Waals surface area (Å²) in [5, 5.41) is 11.5. The van der Waals surface area contributed by atoms with Gasteiger partial charge in [0.05, 0.1) is 0 Å². The third-order valence-electron chi connectivity index (χ3n) is 6.95. The number of rotatable bonds is 8. The highest BCUT2D eigenvalue weighted by molar-refractivity contribution is 5.86. The van der Waals surface area contributed by atoms with Gasteiger partial charge in [-0.15, -0.1) is 12.3 Å². The maximum Gasteiger partial charge on any atom is 0.407 e. The van der Waals surface area contributed by atoms with Crippen molar-refractivity contribution in [2.75, 3.05) is 19.7 Å². The van der Waals surface area contributed by atoms with Gasteiger partial charge in [0.15, 0.2) is 0 Å². The highest BCUT2D eigenvalue weighted by Gasteiger charge is 2.31. The van der Waals surface area contributed by atoms with Crippen LogP contribution in [-0.2, 0) is 14.3 Å². The number of alkyl carbamates (subject to hydrolysis) is 1. The summed E-state index contributed by atoms with van der Waals surface area (Å²) in [7, 11) is 0. The number of terminal acetylenes is 1. The lowest BCUT2D eigenvalue weighted by atomic mass is 9.92. The monoisotopic (exact) mass is 474 g/mol. The molecule has 1 atom stereocenters. The minimum Gasteiger partial charge on any atom is -0.481 e. The molecule has 2 aromatic rings. The zero-order valence-corrected chi connectivity index (χ0v) is 19.6. The minimum absolute atomic E-state index is 0.0697. The van der Waals surface area contributed by atoms with Crippen molar-refractivity contribution in [3.05, 3.63) is 59.7 Å². The van der Waals surface area contributed by atoms with Crippen molar-refractivity contribution >= 4 is 18.0 Å². The van der Waals surface area contributed by atoms with E-state index in [1.807, 2.05) is 36.4 Å². The molecule has 1 aliphatic carbocycles. The molecule has 4 rings (SSSR count). The van der Waals surface area contributed by atoms with Crippen molar-refractivity contribution in [3.8, 4) is 23.5 Å². The molecule has 0 bridgehead atoms. The largest absolute Gasteiger partial charge is 0.481 e. The molecule has 1 heterocycles. The molecule has 1 saturated heterocycles. The lowest BCUT2D eigenvalue weighted by Gasteiger charge is -2.34. The number of nitrogens with zero attached hydrogens (tertiary/aromatic N) is 1. The van der Waals surface area contributed by atoms with Gasteiger partial charge >= 0.3 is 12.1 Å². The Bertz CT molecular complexity index is 1080. The summed E-state index contributed by atoms with van der Waals surface area (Å²) in [6, 6.07) is 15.3. The fraction of sp³-hybridized carbons (Fsp3) is 0.393. The van der Waals surface area contributed by atoms with Crippen LogP contribution in [0.25, 0.3) is 11.1 Å². The van der Waals surface area contributed by atoms with Crippen LogP contribution in [0.4, 0.5) is 4.79 Å². The molecule has 0 aromatic heterocycles. The van der Waals surface area contributed by atoms with Gasteiger partial charge in [-0.25, -0.2) is 4.79 Å². The first-order valence-electron chi connectivity index (χ1n) is 12.0. The summed E-state index contributed by atoms with van der Waals surface area (Å²) in [6.45, 7) is 1.21. The van der Waals surface area contributed by atoms with Gasteiger partial charge in [-0.1, -0.05) is 48.5 Å². The van der Waals surface area contributed by atoms with E-state index in [0.29, 0.717) is 19.5 Å². The van der Waals surface area contributed by atoms with E-state index < -0.39 is 18.1 Å². The van der Waals surface area contributed by atoms with Crippen LogP contribution in [0.2, 0.25) is 0 Å². The number of amides is 2. The molecule has 7 heteroatoms. The lowest BCUT2D eigenvalue weighted by Crippen LogP contribution is -2.50. The molecule has 1 fully saturated rings. The van der Waals surface area contributed by atoms with Crippen molar-refractivity contribution in [2.24, 2.45) is 5.92 Å². The second-order valence-electron chi connectivity index (χ2n) is 9.13. The topological polar surface area (TPSA) is 95.9 Å². The number of ether oxygens (including phenoxy) is 1. The molecule has 0 saturated carbocycles. The molecule has 2 N–H and O–H groups in total. The van der Waals surface area contributed by atoms with Crippen LogP contribution < -0.4 is 5.32 Å². The quantitative estimate of drug-likeness (QED) is 0.564.